The molecule has 0 atom stereocenters. The lowest BCUT2D eigenvalue weighted by Gasteiger charge is -2.03. The van der Waals surface area contributed by atoms with Crippen LogP contribution in [0, 0.1) is 21.4 Å². The van der Waals surface area contributed by atoms with Gasteiger partial charge >= 0.3 is 11.0 Å². The maximum Gasteiger partial charge on any atom is 0.343 e. The standard InChI is InChI=1S/C14H13N5O3S/c1-2-16-13(20)17-14-18(9-12(23-14)19(21)22)8-11-5-3-4-10(6-11)7-15/h3-6,9H,2,8H2,1H3,(H,16,20)/b17-14-. The number of nitrogens with zero attached hydrogens (tertiary/aromatic N) is 4. The summed E-state index contributed by atoms with van der Waals surface area (Å²) in [4.78, 5) is 26.1. The summed E-state index contributed by atoms with van der Waals surface area (Å²) in [6, 6.07) is 8.37. The van der Waals surface area contributed by atoms with Gasteiger partial charge in [0.1, 0.15) is 0 Å². The highest BCUT2D eigenvalue weighted by Crippen LogP contribution is 2.15. The Balaban J connectivity index is 2.42. The molecule has 118 valence electrons. The van der Waals surface area contributed by atoms with Crippen LogP contribution in [0.4, 0.5) is 9.80 Å². The molecule has 0 radical (unpaired) electrons. The molecule has 23 heavy (non-hydrogen) atoms. The number of carbonyl (C=O) groups excluding carboxylic acids is 1. The minimum atomic E-state index is -0.552. The number of benzene rings is 1. The summed E-state index contributed by atoms with van der Waals surface area (Å²) in [5.74, 6) is 0. The zero-order valence-electron chi connectivity index (χ0n) is 12.2. The van der Waals surface area contributed by atoms with E-state index in [4.69, 9.17) is 5.26 Å². The zero-order chi connectivity index (χ0) is 16.8. The van der Waals surface area contributed by atoms with E-state index in [1.807, 2.05) is 6.07 Å². The van der Waals surface area contributed by atoms with E-state index < -0.39 is 11.0 Å². The molecule has 2 aromatic rings. The van der Waals surface area contributed by atoms with Crippen molar-refractivity contribution < 1.29 is 9.72 Å². The number of nitrogens with one attached hydrogen (secondary N) is 1. The molecule has 1 N–H and O–H groups in total. The fraction of sp³-hybridized carbons (Fsp3) is 0.214. The highest BCUT2D eigenvalue weighted by atomic mass is 32.1. The second-order valence-corrected chi connectivity index (χ2v) is 5.48. The summed E-state index contributed by atoms with van der Waals surface area (Å²) in [6.45, 7) is 2.45. The van der Waals surface area contributed by atoms with Gasteiger partial charge in [-0.25, -0.2) is 4.79 Å². The number of aromatic nitrogens is 1. The monoisotopic (exact) mass is 331 g/mol. The van der Waals surface area contributed by atoms with Crippen molar-refractivity contribution in [3.8, 4) is 6.07 Å². The first-order valence-corrected chi connectivity index (χ1v) is 7.51. The van der Waals surface area contributed by atoms with Gasteiger partial charge in [0.2, 0.25) is 4.80 Å². The van der Waals surface area contributed by atoms with E-state index >= 15 is 0 Å². The lowest BCUT2D eigenvalue weighted by Crippen LogP contribution is -2.24. The van der Waals surface area contributed by atoms with E-state index in [0.717, 1.165) is 16.9 Å². The van der Waals surface area contributed by atoms with Crippen LogP contribution in [-0.4, -0.2) is 22.1 Å². The van der Waals surface area contributed by atoms with E-state index in [-0.39, 0.29) is 16.3 Å². The van der Waals surface area contributed by atoms with E-state index in [1.54, 1.807) is 31.2 Å². The maximum atomic E-state index is 11.6. The van der Waals surface area contributed by atoms with Crippen LogP contribution < -0.4 is 10.1 Å². The lowest BCUT2D eigenvalue weighted by molar-refractivity contribution is -0.380. The third-order valence-corrected chi connectivity index (χ3v) is 3.79. The molecule has 0 saturated carbocycles. The van der Waals surface area contributed by atoms with E-state index in [1.165, 1.54) is 10.8 Å². The van der Waals surface area contributed by atoms with E-state index in [2.05, 4.69) is 10.3 Å². The molecular weight excluding hydrogens is 318 g/mol. The molecule has 2 rings (SSSR count). The third-order valence-electron chi connectivity index (χ3n) is 2.82. The Morgan fingerprint density at radius 3 is 3.00 bits per heavy atom. The van der Waals surface area contributed by atoms with Crippen molar-refractivity contribution in [1.82, 2.24) is 9.88 Å². The lowest BCUT2D eigenvalue weighted by atomic mass is 10.1. The third kappa shape index (κ3) is 4.24. The van der Waals surface area contributed by atoms with Gasteiger partial charge in [0.15, 0.2) is 0 Å². The van der Waals surface area contributed by atoms with Crippen LogP contribution in [0.2, 0.25) is 0 Å². The van der Waals surface area contributed by atoms with Gasteiger partial charge in [-0.3, -0.25) is 10.1 Å². The molecular formula is C14H13N5O3S. The first kappa shape index (κ1) is 16.4. The summed E-state index contributed by atoms with van der Waals surface area (Å²) in [7, 11) is 0. The molecule has 0 unspecified atom stereocenters. The number of nitro groups is 1. The van der Waals surface area contributed by atoms with Gasteiger partial charge in [0, 0.05) is 6.54 Å². The molecule has 0 saturated heterocycles. The fourth-order valence-corrected chi connectivity index (χ4v) is 2.67. The van der Waals surface area contributed by atoms with Gasteiger partial charge in [0.05, 0.1) is 29.3 Å². The fourth-order valence-electron chi connectivity index (χ4n) is 1.87. The van der Waals surface area contributed by atoms with Crippen LogP contribution in [0.1, 0.15) is 18.1 Å². The smallest absolute Gasteiger partial charge is 0.336 e. The second-order valence-electron chi connectivity index (χ2n) is 4.50. The van der Waals surface area contributed by atoms with Crippen molar-refractivity contribution in [1.29, 1.82) is 5.26 Å². The first-order chi connectivity index (χ1) is 11.0. The Kier molecular flexibility index (Phi) is 5.22. The van der Waals surface area contributed by atoms with Crippen LogP contribution >= 0.6 is 11.3 Å². The summed E-state index contributed by atoms with van der Waals surface area (Å²) in [6.07, 6.45) is 1.34. The molecule has 0 spiro atoms. The van der Waals surface area contributed by atoms with Gasteiger partial charge in [-0.2, -0.15) is 10.3 Å². The number of rotatable bonds is 4. The molecule has 8 nitrogen and oxygen atoms in total. The predicted molar refractivity (Wildman–Crippen MR) is 83.9 cm³/mol. The van der Waals surface area contributed by atoms with Crippen LogP contribution in [0.15, 0.2) is 35.5 Å². The molecule has 0 aliphatic carbocycles. The van der Waals surface area contributed by atoms with Crippen molar-refractivity contribution in [2.24, 2.45) is 4.99 Å². The van der Waals surface area contributed by atoms with Gasteiger partial charge < -0.3 is 9.88 Å². The van der Waals surface area contributed by atoms with Crippen molar-refractivity contribution in [2.45, 2.75) is 13.5 Å². The molecule has 0 aliphatic heterocycles. The molecule has 0 aliphatic rings. The highest BCUT2D eigenvalue weighted by molar-refractivity contribution is 7.12. The van der Waals surface area contributed by atoms with Gasteiger partial charge in [-0.05, 0) is 36.0 Å². The summed E-state index contributed by atoms with van der Waals surface area (Å²) in [5, 5.41) is 22.3. The molecule has 9 heteroatoms. The summed E-state index contributed by atoms with van der Waals surface area (Å²) >= 11 is 0.822. The SMILES string of the molecule is CCNC(=O)/N=c1\sc([N+](=O)[O-])cn1Cc1cccc(C#N)c1. The summed E-state index contributed by atoms with van der Waals surface area (Å²) < 4.78 is 1.52. The average Bonchev–Trinajstić information content (AvgIpc) is 2.90. The molecule has 2 amide bonds. The van der Waals surface area contributed by atoms with Gasteiger partial charge in [-0.1, -0.05) is 12.1 Å². The van der Waals surface area contributed by atoms with Crippen LogP contribution in [0.5, 0.6) is 0 Å². The number of nitriles is 1. The minimum Gasteiger partial charge on any atom is -0.336 e. The number of urea groups is 1. The Morgan fingerprint density at radius 1 is 1.57 bits per heavy atom. The predicted octanol–water partition coefficient (Wildman–Crippen LogP) is 2.01. The van der Waals surface area contributed by atoms with Crippen LogP contribution in [-0.2, 0) is 6.54 Å². The van der Waals surface area contributed by atoms with Crippen molar-refractivity contribution >= 4 is 22.4 Å². The zero-order valence-corrected chi connectivity index (χ0v) is 13.0. The number of hydrogen-bond donors (Lipinski definition) is 1. The van der Waals surface area contributed by atoms with Crippen molar-refractivity contribution in [3.63, 3.8) is 0 Å². The normalized spacial score (nSPS) is 11.0. The largest absolute Gasteiger partial charge is 0.343 e. The molecule has 1 aromatic carbocycles. The van der Waals surface area contributed by atoms with Crippen LogP contribution in [0.3, 0.4) is 0 Å². The maximum absolute atomic E-state index is 11.6. The number of hydrogen-bond acceptors (Lipinski definition) is 5. The number of amides is 2. The molecule has 0 fully saturated rings. The Morgan fingerprint density at radius 2 is 2.35 bits per heavy atom. The van der Waals surface area contributed by atoms with E-state index in [9.17, 15) is 14.9 Å². The molecule has 1 aromatic heterocycles. The second kappa shape index (κ2) is 7.33. The van der Waals surface area contributed by atoms with Gasteiger partial charge in [-0.15, -0.1) is 0 Å². The highest BCUT2D eigenvalue weighted by Gasteiger charge is 2.13. The van der Waals surface area contributed by atoms with Crippen LogP contribution in [0.25, 0.3) is 0 Å². The van der Waals surface area contributed by atoms with Crippen molar-refractivity contribution in [3.05, 3.63) is 56.5 Å². The number of carbonyl (C=O) groups is 1. The topological polar surface area (TPSA) is 113 Å². The first-order valence-electron chi connectivity index (χ1n) is 6.69. The van der Waals surface area contributed by atoms with Gasteiger partial charge in [0.25, 0.3) is 0 Å². The Labute approximate surface area is 135 Å². The Bertz CT molecular complexity index is 847. The minimum absolute atomic E-state index is 0.107. The molecule has 1 heterocycles. The summed E-state index contributed by atoms with van der Waals surface area (Å²) in [5.41, 5.74) is 1.28. The average molecular weight is 331 g/mol. The number of thiazole rings is 1. The molecule has 0 bridgehead atoms. The van der Waals surface area contributed by atoms with E-state index in [0.29, 0.717) is 12.1 Å². The quantitative estimate of drug-likeness (QED) is 0.681. The van der Waals surface area contributed by atoms with Crippen molar-refractivity contribution in [2.75, 3.05) is 6.54 Å². The Hall–Kier alpha value is -2.99.